The Morgan fingerprint density at radius 1 is 0.971 bits per heavy atom. The Bertz CT molecular complexity index is 1480. The van der Waals surface area contributed by atoms with Crippen LogP contribution in [0.5, 0.6) is 0 Å². The van der Waals surface area contributed by atoms with Crippen molar-refractivity contribution in [2.24, 2.45) is 0 Å². The molecule has 0 aliphatic carbocycles. The zero-order chi connectivity index (χ0) is 24.6. The second-order valence-corrected chi connectivity index (χ2v) is 9.39. The average Bonchev–Trinajstić information content (AvgIpc) is 3.40. The Kier molecular flexibility index (Phi) is 5.96. The summed E-state index contributed by atoms with van der Waals surface area (Å²) in [5, 5.41) is 19.5. The Labute approximate surface area is 208 Å². The third-order valence-electron chi connectivity index (χ3n) is 5.85. The van der Waals surface area contributed by atoms with Crippen LogP contribution in [0.2, 0.25) is 5.02 Å². The van der Waals surface area contributed by atoms with E-state index in [0.29, 0.717) is 10.8 Å². The molecule has 3 heterocycles. The molecule has 0 aliphatic rings. The first-order valence-corrected chi connectivity index (χ1v) is 11.7. The van der Waals surface area contributed by atoms with Crippen LogP contribution >= 0.6 is 11.6 Å². The minimum absolute atomic E-state index is 0.0216. The first kappa shape index (κ1) is 23.0. The van der Waals surface area contributed by atoms with E-state index in [0.717, 1.165) is 39.0 Å². The molecule has 2 N–H and O–H groups in total. The van der Waals surface area contributed by atoms with Crippen molar-refractivity contribution in [2.45, 2.75) is 32.4 Å². The number of nitrogens with zero attached hydrogens (tertiary/aromatic N) is 5. The van der Waals surface area contributed by atoms with E-state index >= 15 is 0 Å². The second-order valence-electron chi connectivity index (χ2n) is 8.98. The highest BCUT2D eigenvalue weighted by Crippen LogP contribution is 2.35. The van der Waals surface area contributed by atoms with E-state index < -0.39 is 5.60 Å². The molecular formula is C27H25ClN6O. The molecular weight excluding hydrogens is 460 g/mol. The number of hydrogen-bond donors (Lipinski definition) is 2. The summed E-state index contributed by atoms with van der Waals surface area (Å²) >= 11 is 6.62. The van der Waals surface area contributed by atoms with Gasteiger partial charge in [-0.1, -0.05) is 29.8 Å². The van der Waals surface area contributed by atoms with Crippen molar-refractivity contribution in [3.05, 3.63) is 95.9 Å². The Balaban J connectivity index is 1.49. The van der Waals surface area contributed by atoms with Gasteiger partial charge in [-0.3, -0.25) is 4.98 Å². The smallest absolute Gasteiger partial charge is 0.159 e. The molecule has 0 radical (unpaired) electrons. The number of benzene rings is 2. The number of rotatable bonds is 6. The molecule has 5 aromatic rings. The molecule has 3 aromatic heterocycles. The fourth-order valence-corrected chi connectivity index (χ4v) is 4.15. The number of anilines is 1. The Hall–Kier alpha value is -3.81. The molecule has 1 atom stereocenters. The third-order valence-corrected chi connectivity index (χ3v) is 6.14. The van der Waals surface area contributed by atoms with E-state index in [4.69, 9.17) is 11.6 Å². The normalized spacial score (nSPS) is 12.6. The standard InChI is InChI=1S/C27H25ClN6O/c1-17(18-6-4-7-21(12-18)34-11-5-10-32-34)33-25-22-13-19(8-9-24(22)29-16-23(25)28)20-14-30-26(31-15-20)27(2,3)35/h4-17,35H,1-3H3,(H,29,33)/t17-/m1/s1. The predicted molar refractivity (Wildman–Crippen MR) is 139 cm³/mol. The zero-order valence-electron chi connectivity index (χ0n) is 19.6. The van der Waals surface area contributed by atoms with Crippen molar-refractivity contribution in [3.8, 4) is 16.8 Å². The van der Waals surface area contributed by atoms with E-state index in [1.165, 1.54) is 0 Å². The quantitative estimate of drug-likeness (QED) is 0.310. The lowest BCUT2D eigenvalue weighted by atomic mass is 10.0. The van der Waals surface area contributed by atoms with Gasteiger partial charge in [-0.15, -0.1) is 0 Å². The first-order chi connectivity index (χ1) is 16.8. The van der Waals surface area contributed by atoms with E-state index in [2.05, 4.69) is 44.4 Å². The van der Waals surface area contributed by atoms with Crippen LogP contribution in [0.15, 0.2) is 79.5 Å². The van der Waals surface area contributed by atoms with Crippen molar-refractivity contribution >= 4 is 28.2 Å². The highest BCUT2D eigenvalue weighted by atomic mass is 35.5. The molecule has 0 saturated heterocycles. The van der Waals surface area contributed by atoms with Crippen LogP contribution < -0.4 is 5.32 Å². The molecule has 7 nitrogen and oxygen atoms in total. The van der Waals surface area contributed by atoms with E-state index in [9.17, 15) is 5.11 Å². The maximum Gasteiger partial charge on any atom is 0.159 e. The summed E-state index contributed by atoms with van der Waals surface area (Å²) in [6, 6.07) is 16.1. The van der Waals surface area contributed by atoms with Gasteiger partial charge < -0.3 is 10.4 Å². The Morgan fingerprint density at radius 3 is 2.49 bits per heavy atom. The van der Waals surface area contributed by atoms with Gasteiger partial charge in [0.25, 0.3) is 0 Å². The van der Waals surface area contributed by atoms with Crippen LogP contribution in [0.4, 0.5) is 5.69 Å². The van der Waals surface area contributed by atoms with Crippen molar-refractivity contribution in [1.82, 2.24) is 24.7 Å². The topological polar surface area (TPSA) is 88.8 Å². The van der Waals surface area contributed by atoms with Crippen LogP contribution in [0.1, 0.15) is 38.2 Å². The van der Waals surface area contributed by atoms with Crippen LogP contribution in [0.25, 0.3) is 27.7 Å². The van der Waals surface area contributed by atoms with Crippen molar-refractivity contribution in [1.29, 1.82) is 0 Å². The maximum absolute atomic E-state index is 10.1. The summed E-state index contributed by atoms with van der Waals surface area (Å²) < 4.78 is 1.84. The summed E-state index contributed by atoms with van der Waals surface area (Å²) in [4.78, 5) is 13.2. The van der Waals surface area contributed by atoms with Gasteiger partial charge in [0, 0.05) is 48.0 Å². The maximum atomic E-state index is 10.1. The number of aromatic nitrogens is 5. The monoisotopic (exact) mass is 484 g/mol. The number of fused-ring (bicyclic) bond motifs is 1. The van der Waals surface area contributed by atoms with Crippen molar-refractivity contribution < 1.29 is 5.11 Å². The summed E-state index contributed by atoms with van der Waals surface area (Å²) in [6.07, 6.45) is 8.79. The summed E-state index contributed by atoms with van der Waals surface area (Å²) in [6.45, 7) is 5.42. The van der Waals surface area contributed by atoms with Gasteiger partial charge in [-0.05, 0) is 62.2 Å². The molecule has 0 saturated carbocycles. The lowest BCUT2D eigenvalue weighted by molar-refractivity contribution is 0.0687. The SMILES string of the molecule is C[C@@H](Nc1c(Cl)cnc2ccc(-c3cnc(C(C)(C)O)nc3)cc12)c1cccc(-n2cccn2)c1. The van der Waals surface area contributed by atoms with Gasteiger partial charge >= 0.3 is 0 Å². The Morgan fingerprint density at radius 2 is 1.77 bits per heavy atom. The lowest BCUT2D eigenvalue weighted by Gasteiger charge is -2.19. The van der Waals surface area contributed by atoms with E-state index in [1.54, 1.807) is 38.6 Å². The van der Waals surface area contributed by atoms with Crippen molar-refractivity contribution in [2.75, 3.05) is 5.32 Å². The van der Waals surface area contributed by atoms with Gasteiger partial charge in [0.1, 0.15) is 5.60 Å². The first-order valence-electron chi connectivity index (χ1n) is 11.3. The number of hydrogen-bond acceptors (Lipinski definition) is 6. The van der Waals surface area contributed by atoms with Crippen LogP contribution in [0, 0.1) is 0 Å². The van der Waals surface area contributed by atoms with Crippen LogP contribution in [-0.4, -0.2) is 29.8 Å². The van der Waals surface area contributed by atoms with Crippen LogP contribution in [0.3, 0.4) is 0 Å². The summed E-state index contributed by atoms with van der Waals surface area (Å²) in [5.41, 5.74) is 4.40. The number of halogens is 1. The zero-order valence-corrected chi connectivity index (χ0v) is 20.4. The largest absolute Gasteiger partial charge is 0.382 e. The third kappa shape index (κ3) is 4.73. The molecule has 0 spiro atoms. The van der Waals surface area contributed by atoms with Gasteiger partial charge in [0.15, 0.2) is 5.82 Å². The molecule has 0 unspecified atom stereocenters. The highest BCUT2D eigenvalue weighted by Gasteiger charge is 2.19. The molecule has 8 heteroatoms. The fourth-order valence-electron chi connectivity index (χ4n) is 3.95. The van der Waals surface area contributed by atoms with E-state index in [-0.39, 0.29) is 6.04 Å². The molecule has 0 bridgehead atoms. The van der Waals surface area contributed by atoms with Gasteiger partial charge in [-0.2, -0.15) is 5.10 Å². The number of nitrogens with one attached hydrogen (secondary N) is 1. The molecule has 0 fully saturated rings. The molecule has 35 heavy (non-hydrogen) atoms. The van der Waals surface area contributed by atoms with Gasteiger partial charge in [0.2, 0.25) is 0 Å². The lowest BCUT2D eigenvalue weighted by Crippen LogP contribution is -2.19. The second kappa shape index (κ2) is 9.09. The number of aliphatic hydroxyl groups is 1. The minimum atomic E-state index is -1.10. The predicted octanol–water partition coefficient (Wildman–Crippen LogP) is 5.93. The molecule has 2 aromatic carbocycles. The van der Waals surface area contributed by atoms with Gasteiger partial charge in [-0.25, -0.2) is 14.6 Å². The summed E-state index contributed by atoms with van der Waals surface area (Å²) in [7, 11) is 0. The van der Waals surface area contributed by atoms with E-state index in [1.807, 2.05) is 47.3 Å². The van der Waals surface area contributed by atoms with Crippen molar-refractivity contribution in [3.63, 3.8) is 0 Å². The average molecular weight is 485 g/mol. The molecule has 5 rings (SSSR count). The van der Waals surface area contributed by atoms with Gasteiger partial charge in [0.05, 0.1) is 21.9 Å². The van der Waals surface area contributed by atoms with Crippen LogP contribution in [-0.2, 0) is 5.60 Å². The highest BCUT2D eigenvalue weighted by molar-refractivity contribution is 6.34. The fraction of sp³-hybridized carbons (Fsp3) is 0.185. The number of pyridine rings is 1. The minimum Gasteiger partial charge on any atom is -0.382 e. The molecule has 0 amide bonds. The summed E-state index contributed by atoms with van der Waals surface area (Å²) in [5.74, 6) is 0.375. The molecule has 0 aliphatic heterocycles. The molecule has 176 valence electrons.